The molecular formula is C24H16FNO4. The van der Waals surface area contributed by atoms with Gasteiger partial charge in [-0.25, -0.2) is 4.39 Å². The largest absolute Gasteiger partial charge is 0.508 e. The van der Waals surface area contributed by atoms with Crippen LogP contribution in [0.5, 0.6) is 5.75 Å². The zero-order valence-electron chi connectivity index (χ0n) is 15.7. The topological polar surface area (TPSA) is 70.8 Å². The molecule has 0 aliphatic carbocycles. The summed E-state index contributed by atoms with van der Waals surface area (Å²) in [6.45, 7) is 0.244. The maximum atomic E-state index is 13.8. The second-order valence-electron chi connectivity index (χ2n) is 7.23. The minimum atomic E-state index is -0.760. The molecule has 1 amide bonds. The predicted molar refractivity (Wildman–Crippen MR) is 109 cm³/mol. The van der Waals surface area contributed by atoms with E-state index in [0.717, 1.165) is 11.6 Å². The molecule has 5 nitrogen and oxygen atoms in total. The number of halogens is 1. The van der Waals surface area contributed by atoms with E-state index in [9.17, 15) is 19.1 Å². The van der Waals surface area contributed by atoms with Crippen LogP contribution in [0.4, 0.5) is 4.39 Å². The van der Waals surface area contributed by atoms with Crippen molar-refractivity contribution in [2.75, 3.05) is 0 Å². The van der Waals surface area contributed by atoms with E-state index < -0.39 is 23.2 Å². The van der Waals surface area contributed by atoms with Crippen molar-refractivity contribution < 1.29 is 18.7 Å². The maximum Gasteiger partial charge on any atom is 0.291 e. The lowest BCUT2D eigenvalue weighted by Gasteiger charge is -2.25. The average molecular weight is 401 g/mol. The number of phenols is 1. The summed E-state index contributed by atoms with van der Waals surface area (Å²) in [5.74, 6) is -1.02. The third-order valence-electron chi connectivity index (χ3n) is 5.31. The van der Waals surface area contributed by atoms with Crippen LogP contribution in [0.2, 0.25) is 0 Å². The van der Waals surface area contributed by atoms with Gasteiger partial charge in [-0.05, 0) is 41.5 Å². The Bertz CT molecular complexity index is 1350. The normalized spacial score (nSPS) is 15.6. The lowest BCUT2D eigenvalue weighted by Crippen LogP contribution is -2.29. The molecule has 0 fully saturated rings. The van der Waals surface area contributed by atoms with Gasteiger partial charge < -0.3 is 14.4 Å². The molecule has 1 unspecified atom stereocenters. The zero-order valence-corrected chi connectivity index (χ0v) is 15.7. The Morgan fingerprint density at radius 2 is 1.77 bits per heavy atom. The highest BCUT2D eigenvalue weighted by Gasteiger charge is 2.42. The Kier molecular flexibility index (Phi) is 4.13. The fraction of sp³-hybridized carbons (Fsp3) is 0.0833. The molecule has 30 heavy (non-hydrogen) atoms. The van der Waals surface area contributed by atoms with Crippen LogP contribution in [-0.4, -0.2) is 15.9 Å². The molecule has 4 aromatic rings. The van der Waals surface area contributed by atoms with Crippen LogP contribution >= 0.6 is 0 Å². The summed E-state index contributed by atoms with van der Waals surface area (Å²) in [6, 6.07) is 18.7. The van der Waals surface area contributed by atoms with Crippen molar-refractivity contribution in [1.82, 2.24) is 4.90 Å². The van der Waals surface area contributed by atoms with Gasteiger partial charge in [0.1, 0.15) is 17.1 Å². The number of carbonyl (C=O) groups excluding carboxylic acids is 1. The third-order valence-corrected chi connectivity index (χ3v) is 5.31. The second-order valence-corrected chi connectivity index (χ2v) is 7.23. The first kappa shape index (κ1) is 18.1. The van der Waals surface area contributed by atoms with Crippen molar-refractivity contribution in [2.24, 2.45) is 0 Å². The van der Waals surface area contributed by atoms with Crippen LogP contribution in [-0.2, 0) is 6.54 Å². The van der Waals surface area contributed by atoms with Gasteiger partial charge in [0.05, 0.1) is 17.0 Å². The highest BCUT2D eigenvalue weighted by atomic mass is 19.1. The first-order valence-electron chi connectivity index (χ1n) is 9.43. The van der Waals surface area contributed by atoms with Crippen molar-refractivity contribution in [1.29, 1.82) is 0 Å². The number of phenolic OH excluding ortho intramolecular Hbond substituents is 1. The number of nitrogens with zero attached hydrogens (tertiary/aromatic N) is 1. The Hall–Kier alpha value is -3.93. The molecule has 1 aromatic heterocycles. The minimum absolute atomic E-state index is 0.0179. The first-order valence-corrected chi connectivity index (χ1v) is 9.43. The summed E-state index contributed by atoms with van der Waals surface area (Å²) in [6.07, 6.45) is 0. The summed E-state index contributed by atoms with van der Waals surface area (Å²) in [5, 5.41) is 10.1. The number of carbonyl (C=O) groups is 1. The monoisotopic (exact) mass is 401 g/mol. The minimum Gasteiger partial charge on any atom is -0.508 e. The van der Waals surface area contributed by atoms with Crippen LogP contribution < -0.4 is 5.43 Å². The van der Waals surface area contributed by atoms with Crippen LogP contribution in [0.3, 0.4) is 0 Å². The lowest BCUT2D eigenvalue weighted by molar-refractivity contribution is 0.0714. The first-order chi connectivity index (χ1) is 14.5. The van der Waals surface area contributed by atoms with Gasteiger partial charge in [-0.1, -0.05) is 42.5 Å². The van der Waals surface area contributed by atoms with Gasteiger partial charge in [0, 0.05) is 6.54 Å². The van der Waals surface area contributed by atoms with Crippen LogP contribution in [0.15, 0.2) is 82.0 Å². The Labute approximate surface area is 170 Å². The van der Waals surface area contributed by atoms with Gasteiger partial charge >= 0.3 is 0 Å². The maximum absolute atomic E-state index is 13.8. The van der Waals surface area contributed by atoms with Crippen molar-refractivity contribution >= 4 is 16.9 Å². The van der Waals surface area contributed by atoms with Crippen LogP contribution in [0.1, 0.15) is 33.3 Å². The van der Waals surface area contributed by atoms with E-state index in [1.54, 1.807) is 12.1 Å². The number of rotatable bonds is 3. The molecule has 1 aliphatic heterocycles. The molecule has 1 atom stereocenters. The molecule has 0 spiro atoms. The van der Waals surface area contributed by atoms with Crippen molar-refractivity contribution in [3.05, 3.63) is 111 Å². The number of benzene rings is 3. The molecule has 1 aliphatic rings. The van der Waals surface area contributed by atoms with E-state index >= 15 is 0 Å². The molecular weight excluding hydrogens is 385 g/mol. The molecule has 3 aromatic carbocycles. The van der Waals surface area contributed by atoms with E-state index in [4.69, 9.17) is 4.42 Å². The smallest absolute Gasteiger partial charge is 0.291 e. The van der Waals surface area contributed by atoms with E-state index in [-0.39, 0.29) is 34.6 Å². The fourth-order valence-corrected chi connectivity index (χ4v) is 3.98. The molecule has 0 saturated carbocycles. The molecule has 148 valence electrons. The summed E-state index contributed by atoms with van der Waals surface area (Å²) in [4.78, 5) is 28.1. The number of aromatic hydroxyl groups is 1. The molecule has 1 N–H and O–H groups in total. The van der Waals surface area contributed by atoms with Gasteiger partial charge in [0.15, 0.2) is 5.43 Å². The Morgan fingerprint density at radius 1 is 0.967 bits per heavy atom. The summed E-state index contributed by atoms with van der Waals surface area (Å²) < 4.78 is 19.6. The molecule has 5 rings (SSSR count). The summed E-state index contributed by atoms with van der Waals surface area (Å²) in [7, 11) is 0. The molecule has 2 heterocycles. The summed E-state index contributed by atoms with van der Waals surface area (Å²) >= 11 is 0. The average Bonchev–Trinajstić information content (AvgIpc) is 3.02. The standard InChI is InChI=1S/C24H16FNO4/c25-16-9-10-19-18(12-16)22(28)20-21(15-7-4-8-17(27)11-15)26(24(29)23(20)30-19)13-14-5-2-1-3-6-14/h1-12,21,27H,13H2. The van der Waals surface area contributed by atoms with Gasteiger partial charge in [-0.2, -0.15) is 0 Å². The van der Waals surface area contributed by atoms with Gasteiger partial charge in [0.2, 0.25) is 5.76 Å². The summed E-state index contributed by atoms with van der Waals surface area (Å²) in [5.41, 5.74) is 1.31. The highest BCUT2D eigenvalue weighted by Crippen LogP contribution is 2.39. The van der Waals surface area contributed by atoms with Gasteiger partial charge in [0.25, 0.3) is 5.91 Å². The van der Waals surface area contributed by atoms with E-state index in [1.165, 1.54) is 29.2 Å². The molecule has 6 heteroatoms. The fourth-order valence-electron chi connectivity index (χ4n) is 3.98. The lowest BCUT2D eigenvalue weighted by atomic mass is 9.98. The SMILES string of the molecule is O=C1c2oc3ccc(F)cc3c(=O)c2C(c2cccc(O)c2)N1Cc1ccccc1. The van der Waals surface area contributed by atoms with Crippen LogP contribution in [0.25, 0.3) is 11.0 Å². The number of hydrogen-bond acceptors (Lipinski definition) is 4. The quantitative estimate of drug-likeness (QED) is 0.553. The zero-order chi connectivity index (χ0) is 20.8. The number of fused-ring (bicyclic) bond motifs is 2. The Morgan fingerprint density at radius 3 is 2.53 bits per heavy atom. The van der Waals surface area contributed by atoms with E-state index in [0.29, 0.717) is 5.56 Å². The third kappa shape index (κ3) is 2.85. The van der Waals surface area contributed by atoms with Crippen LogP contribution in [0, 0.1) is 5.82 Å². The number of amides is 1. The highest BCUT2D eigenvalue weighted by molar-refractivity contribution is 5.99. The second kappa shape index (κ2) is 6.84. The predicted octanol–water partition coefficient (Wildman–Crippen LogP) is 4.38. The van der Waals surface area contributed by atoms with Crippen molar-refractivity contribution in [2.45, 2.75) is 12.6 Å². The molecule has 0 bridgehead atoms. The molecule has 0 radical (unpaired) electrons. The number of hydrogen-bond donors (Lipinski definition) is 1. The van der Waals surface area contributed by atoms with Gasteiger partial charge in [-0.3, -0.25) is 9.59 Å². The van der Waals surface area contributed by atoms with Gasteiger partial charge in [-0.15, -0.1) is 0 Å². The van der Waals surface area contributed by atoms with E-state index in [1.807, 2.05) is 30.3 Å². The van der Waals surface area contributed by atoms with Crippen molar-refractivity contribution in [3.8, 4) is 5.75 Å². The molecule has 0 saturated heterocycles. The Balaban J connectivity index is 1.75. The van der Waals surface area contributed by atoms with E-state index in [2.05, 4.69) is 0 Å². The van der Waals surface area contributed by atoms with Crippen molar-refractivity contribution in [3.63, 3.8) is 0 Å².